The largest absolute Gasteiger partial charge is 0.489 e. The zero-order valence-corrected chi connectivity index (χ0v) is 19.0. The van der Waals surface area contributed by atoms with E-state index in [1.165, 1.54) is 0 Å². The van der Waals surface area contributed by atoms with Crippen LogP contribution in [0, 0.1) is 5.92 Å². The lowest BCUT2D eigenvalue weighted by Crippen LogP contribution is -2.38. The van der Waals surface area contributed by atoms with Gasteiger partial charge in [0.15, 0.2) is 0 Å². The van der Waals surface area contributed by atoms with Gasteiger partial charge in [-0.05, 0) is 49.9 Å². The van der Waals surface area contributed by atoms with Crippen molar-refractivity contribution in [2.24, 2.45) is 5.92 Å². The molecule has 0 bridgehead atoms. The third-order valence-electron chi connectivity index (χ3n) is 3.87. The molecule has 28 heavy (non-hydrogen) atoms. The second kappa shape index (κ2) is 9.97. The summed E-state index contributed by atoms with van der Waals surface area (Å²) in [6, 6.07) is 15.9. The van der Waals surface area contributed by atoms with E-state index in [2.05, 4.69) is 29.8 Å². The summed E-state index contributed by atoms with van der Waals surface area (Å²) in [5, 5.41) is 0. The number of hydrogen-bond donors (Lipinski definition) is 0. The number of amides is 1. The van der Waals surface area contributed by atoms with Crippen LogP contribution >= 0.6 is 15.9 Å². The molecule has 0 heterocycles. The lowest BCUT2D eigenvalue weighted by molar-refractivity contribution is 0.0211. The van der Waals surface area contributed by atoms with Gasteiger partial charge in [-0.25, -0.2) is 4.79 Å². The molecule has 0 aliphatic carbocycles. The van der Waals surface area contributed by atoms with Crippen LogP contribution in [0.3, 0.4) is 0 Å². The van der Waals surface area contributed by atoms with Gasteiger partial charge in [0.2, 0.25) is 0 Å². The van der Waals surface area contributed by atoms with Crippen LogP contribution in [0.2, 0.25) is 0 Å². The molecule has 0 spiro atoms. The van der Waals surface area contributed by atoms with Gasteiger partial charge >= 0.3 is 6.09 Å². The molecule has 0 aliphatic rings. The van der Waals surface area contributed by atoms with E-state index in [9.17, 15) is 4.79 Å². The van der Waals surface area contributed by atoms with E-state index < -0.39 is 5.60 Å². The number of ether oxygens (including phenoxy) is 2. The van der Waals surface area contributed by atoms with Gasteiger partial charge in [-0.1, -0.05) is 66.2 Å². The first-order valence-corrected chi connectivity index (χ1v) is 10.4. The van der Waals surface area contributed by atoms with E-state index in [0.29, 0.717) is 25.6 Å². The monoisotopic (exact) mass is 447 g/mol. The molecule has 0 fully saturated rings. The molecule has 0 aromatic heterocycles. The molecule has 2 aromatic rings. The van der Waals surface area contributed by atoms with Crippen molar-refractivity contribution in [1.29, 1.82) is 0 Å². The molecular weight excluding hydrogens is 418 g/mol. The topological polar surface area (TPSA) is 38.8 Å². The summed E-state index contributed by atoms with van der Waals surface area (Å²) >= 11 is 3.62. The molecule has 0 atom stereocenters. The van der Waals surface area contributed by atoms with Gasteiger partial charge in [0.05, 0.1) is 6.54 Å². The molecule has 4 nitrogen and oxygen atoms in total. The summed E-state index contributed by atoms with van der Waals surface area (Å²) in [6.45, 7) is 11.5. The molecule has 0 saturated heterocycles. The number of carbonyl (C=O) groups is 1. The van der Waals surface area contributed by atoms with Crippen molar-refractivity contribution in [3.05, 3.63) is 64.1 Å². The number of hydrogen-bond acceptors (Lipinski definition) is 3. The summed E-state index contributed by atoms with van der Waals surface area (Å²) in [6.07, 6.45) is -0.294. The maximum absolute atomic E-state index is 12.6. The molecule has 2 rings (SSSR count). The maximum Gasteiger partial charge on any atom is 0.410 e. The second-order valence-electron chi connectivity index (χ2n) is 8.28. The van der Waals surface area contributed by atoms with Crippen molar-refractivity contribution >= 4 is 22.0 Å². The molecule has 0 unspecified atom stereocenters. The third kappa shape index (κ3) is 7.55. The van der Waals surface area contributed by atoms with Crippen LogP contribution < -0.4 is 4.74 Å². The van der Waals surface area contributed by atoms with Crippen molar-refractivity contribution in [2.45, 2.75) is 53.4 Å². The van der Waals surface area contributed by atoms with E-state index >= 15 is 0 Å². The van der Waals surface area contributed by atoms with Gasteiger partial charge in [-0.2, -0.15) is 0 Å². The zero-order chi connectivity index (χ0) is 20.7. The minimum absolute atomic E-state index is 0.294. The first kappa shape index (κ1) is 22.3. The molecule has 0 radical (unpaired) electrons. The Labute approximate surface area is 177 Å². The highest BCUT2D eigenvalue weighted by Crippen LogP contribution is 2.26. The molecule has 5 heteroatoms. The Morgan fingerprint density at radius 1 is 1.11 bits per heavy atom. The molecule has 0 aliphatic heterocycles. The Morgan fingerprint density at radius 2 is 1.79 bits per heavy atom. The van der Waals surface area contributed by atoms with Crippen LogP contribution in [0.5, 0.6) is 5.75 Å². The lowest BCUT2D eigenvalue weighted by atomic mass is 10.1. The van der Waals surface area contributed by atoms with E-state index in [0.717, 1.165) is 21.3 Å². The first-order chi connectivity index (χ1) is 13.1. The van der Waals surface area contributed by atoms with Crippen LogP contribution in [-0.2, 0) is 17.9 Å². The summed E-state index contributed by atoms with van der Waals surface area (Å²) in [7, 11) is 0. The quantitative estimate of drug-likeness (QED) is 0.491. The standard InChI is InChI=1S/C23H30BrNO3/c1-17(2)14-25(22(26)28-23(3,4)5)15-19-11-12-20(13-21(19)24)27-16-18-9-7-6-8-10-18/h6-13,17H,14-16H2,1-5H3. The highest BCUT2D eigenvalue weighted by Gasteiger charge is 2.23. The Hall–Kier alpha value is -2.01. The average molecular weight is 448 g/mol. The molecule has 0 saturated carbocycles. The Bertz CT molecular complexity index is 769. The summed E-state index contributed by atoms with van der Waals surface area (Å²) in [5.74, 6) is 1.13. The van der Waals surface area contributed by atoms with E-state index in [1.54, 1.807) is 4.90 Å². The maximum atomic E-state index is 12.6. The normalized spacial score (nSPS) is 11.4. The van der Waals surface area contributed by atoms with Crippen LogP contribution in [0.25, 0.3) is 0 Å². The Kier molecular flexibility index (Phi) is 7.93. The van der Waals surface area contributed by atoms with Crippen molar-refractivity contribution in [1.82, 2.24) is 4.90 Å². The molecule has 0 N–H and O–H groups in total. The molecular formula is C23H30BrNO3. The number of halogens is 1. The number of rotatable bonds is 7. The Morgan fingerprint density at radius 3 is 2.36 bits per heavy atom. The molecule has 2 aromatic carbocycles. The second-order valence-corrected chi connectivity index (χ2v) is 9.14. The van der Waals surface area contributed by atoms with Gasteiger partial charge in [0.25, 0.3) is 0 Å². The van der Waals surface area contributed by atoms with Crippen molar-refractivity contribution in [3.63, 3.8) is 0 Å². The van der Waals surface area contributed by atoms with Crippen LogP contribution in [0.1, 0.15) is 45.7 Å². The summed E-state index contributed by atoms with van der Waals surface area (Å²) in [4.78, 5) is 14.4. The SMILES string of the molecule is CC(C)CN(Cc1ccc(OCc2ccccc2)cc1Br)C(=O)OC(C)(C)C. The highest BCUT2D eigenvalue weighted by atomic mass is 79.9. The summed E-state index contributed by atoms with van der Waals surface area (Å²) in [5.41, 5.74) is 1.62. The molecule has 1 amide bonds. The van der Waals surface area contributed by atoms with Gasteiger partial charge < -0.3 is 14.4 Å². The van der Waals surface area contributed by atoms with Gasteiger partial charge in [-0.3, -0.25) is 0 Å². The fourth-order valence-corrected chi connectivity index (χ4v) is 3.15. The minimum atomic E-state index is -0.515. The van der Waals surface area contributed by atoms with Gasteiger partial charge in [0.1, 0.15) is 18.0 Å². The van der Waals surface area contributed by atoms with E-state index in [1.807, 2.05) is 69.3 Å². The first-order valence-electron chi connectivity index (χ1n) is 9.57. The number of nitrogens with zero attached hydrogens (tertiary/aromatic N) is 1. The fourth-order valence-electron chi connectivity index (χ4n) is 2.66. The third-order valence-corrected chi connectivity index (χ3v) is 4.61. The zero-order valence-electron chi connectivity index (χ0n) is 17.4. The van der Waals surface area contributed by atoms with Crippen LogP contribution in [0.15, 0.2) is 53.0 Å². The molecule has 152 valence electrons. The van der Waals surface area contributed by atoms with E-state index in [4.69, 9.17) is 9.47 Å². The van der Waals surface area contributed by atoms with Gasteiger partial charge in [-0.15, -0.1) is 0 Å². The predicted molar refractivity (Wildman–Crippen MR) is 116 cm³/mol. The highest BCUT2D eigenvalue weighted by molar-refractivity contribution is 9.10. The minimum Gasteiger partial charge on any atom is -0.489 e. The van der Waals surface area contributed by atoms with E-state index in [-0.39, 0.29) is 6.09 Å². The Balaban J connectivity index is 2.06. The fraction of sp³-hybridized carbons (Fsp3) is 0.435. The van der Waals surface area contributed by atoms with Crippen molar-refractivity contribution < 1.29 is 14.3 Å². The van der Waals surface area contributed by atoms with Gasteiger partial charge in [0, 0.05) is 11.0 Å². The summed E-state index contributed by atoms with van der Waals surface area (Å²) < 4.78 is 12.4. The predicted octanol–water partition coefficient (Wildman–Crippen LogP) is 6.42. The van der Waals surface area contributed by atoms with Crippen LogP contribution in [0.4, 0.5) is 4.79 Å². The lowest BCUT2D eigenvalue weighted by Gasteiger charge is -2.29. The van der Waals surface area contributed by atoms with Crippen LogP contribution in [-0.4, -0.2) is 23.1 Å². The average Bonchev–Trinajstić information content (AvgIpc) is 2.60. The number of benzene rings is 2. The van der Waals surface area contributed by atoms with Crippen molar-refractivity contribution in [3.8, 4) is 5.75 Å². The smallest absolute Gasteiger partial charge is 0.410 e. The number of carbonyl (C=O) groups excluding carboxylic acids is 1. The van der Waals surface area contributed by atoms with Crippen molar-refractivity contribution in [2.75, 3.05) is 6.54 Å².